The number of nitrogens with zero attached hydrogens (tertiary/aromatic N) is 1. The molecule has 1 saturated carbocycles. The molecule has 0 amide bonds. The monoisotopic (exact) mass is 259 g/mol. The molecule has 0 spiro atoms. The van der Waals surface area contributed by atoms with E-state index in [1.165, 1.54) is 50.4 Å². The average Bonchev–Trinajstić information content (AvgIpc) is 2.61. The molecule has 0 aromatic rings. The molecule has 1 heterocycles. The molecule has 1 aliphatic carbocycles. The summed E-state index contributed by atoms with van der Waals surface area (Å²) in [5.74, 6) is 0.899. The lowest BCUT2D eigenvalue weighted by atomic mass is 9.93. The van der Waals surface area contributed by atoms with Gasteiger partial charge in [-0.15, -0.1) is 0 Å². The fourth-order valence-corrected chi connectivity index (χ4v) is 4.15. The second-order valence-corrected chi connectivity index (χ2v) is 5.66. The highest BCUT2D eigenvalue weighted by Crippen LogP contribution is 2.32. The highest BCUT2D eigenvalue weighted by Gasteiger charge is 2.34. The third kappa shape index (κ3) is 2.16. The van der Waals surface area contributed by atoms with Crippen molar-refractivity contribution in [2.24, 2.45) is 5.92 Å². The minimum absolute atomic E-state index is 0.818. The van der Waals surface area contributed by atoms with Crippen molar-refractivity contribution in [2.45, 2.75) is 57.5 Å². The van der Waals surface area contributed by atoms with Gasteiger partial charge in [-0.25, -0.2) is 0 Å². The maximum Gasteiger partial charge on any atom is 0.0221 e. The molecule has 2 fully saturated rings. The summed E-state index contributed by atoms with van der Waals surface area (Å²) >= 11 is 3.68. The van der Waals surface area contributed by atoms with Gasteiger partial charge in [0.1, 0.15) is 0 Å². The molecule has 0 N–H and O–H groups in total. The van der Waals surface area contributed by atoms with Gasteiger partial charge in [0.25, 0.3) is 0 Å². The van der Waals surface area contributed by atoms with Gasteiger partial charge in [-0.05, 0) is 31.7 Å². The van der Waals surface area contributed by atoms with Gasteiger partial charge >= 0.3 is 0 Å². The van der Waals surface area contributed by atoms with Crippen molar-refractivity contribution in [2.75, 3.05) is 11.9 Å². The lowest BCUT2D eigenvalue weighted by molar-refractivity contribution is 0.143. The van der Waals surface area contributed by atoms with Crippen LogP contribution in [0.3, 0.4) is 0 Å². The minimum atomic E-state index is 0.818. The highest BCUT2D eigenvalue weighted by atomic mass is 79.9. The van der Waals surface area contributed by atoms with Gasteiger partial charge in [-0.2, -0.15) is 0 Å². The lowest BCUT2D eigenvalue weighted by Crippen LogP contribution is -2.42. The molecule has 2 atom stereocenters. The first-order chi connectivity index (χ1) is 6.83. The van der Waals surface area contributed by atoms with Crippen molar-refractivity contribution in [3.63, 3.8) is 0 Å². The van der Waals surface area contributed by atoms with Crippen molar-refractivity contribution in [3.8, 4) is 0 Å². The van der Waals surface area contributed by atoms with Gasteiger partial charge in [0.15, 0.2) is 0 Å². The Hall–Kier alpha value is 0.440. The predicted molar refractivity (Wildman–Crippen MR) is 64.9 cm³/mol. The van der Waals surface area contributed by atoms with Gasteiger partial charge in [0, 0.05) is 17.4 Å². The second-order valence-electron chi connectivity index (χ2n) is 5.02. The normalized spacial score (nSPS) is 36.4. The molecule has 14 heavy (non-hydrogen) atoms. The van der Waals surface area contributed by atoms with Gasteiger partial charge in [-0.1, -0.05) is 42.1 Å². The van der Waals surface area contributed by atoms with Crippen molar-refractivity contribution in [1.29, 1.82) is 0 Å². The van der Waals surface area contributed by atoms with E-state index >= 15 is 0 Å². The van der Waals surface area contributed by atoms with Crippen LogP contribution >= 0.6 is 15.9 Å². The molecule has 1 nitrogen and oxygen atoms in total. The van der Waals surface area contributed by atoms with E-state index in [0.29, 0.717) is 0 Å². The van der Waals surface area contributed by atoms with Crippen molar-refractivity contribution in [1.82, 2.24) is 4.90 Å². The maximum atomic E-state index is 3.68. The summed E-state index contributed by atoms with van der Waals surface area (Å²) in [5, 5.41) is 1.17. The van der Waals surface area contributed by atoms with E-state index in [1.54, 1.807) is 0 Å². The molecule has 2 unspecified atom stereocenters. The topological polar surface area (TPSA) is 3.24 Å². The Balaban J connectivity index is 1.95. The number of hydrogen-bond donors (Lipinski definition) is 0. The average molecular weight is 260 g/mol. The van der Waals surface area contributed by atoms with E-state index in [4.69, 9.17) is 0 Å². The SMILES string of the molecule is CC1CCN(C2CCCCC2)C1CBr. The number of likely N-dealkylation sites (tertiary alicyclic amines) is 1. The first-order valence-electron chi connectivity index (χ1n) is 6.14. The summed E-state index contributed by atoms with van der Waals surface area (Å²) in [7, 11) is 0. The Labute approximate surface area is 96.4 Å². The number of hydrogen-bond acceptors (Lipinski definition) is 1. The van der Waals surface area contributed by atoms with E-state index in [-0.39, 0.29) is 0 Å². The number of rotatable bonds is 2. The fourth-order valence-electron chi connectivity index (χ4n) is 3.14. The van der Waals surface area contributed by atoms with Crippen LogP contribution in [0.25, 0.3) is 0 Å². The fraction of sp³-hybridized carbons (Fsp3) is 1.00. The first-order valence-corrected chi connectivity index (χ1v) is 7.27. The van der Waals surface area contributed by atoms with E-state index < -0.39 is 0 Å². The zero-order valence-electron chi connectivity index (χ0n) is 9.21. The van der Waals surface area contributed by atoms with Crippen LogP contribution in [-0.4, -0.2) is 28.9 Å². The Morgan fingerprint density at radius 3 is 2.50 bits per heavy atom. The Bertz CT molecular complexity index is 177. The van der Waals surface area contributed by atoms with Crippen LogP contribution in [0.2, 0.25) is 0 Å². The van der Waals surface area contributed by atoms with E-state index in [0.717, 1.165) is 18.0 Å². The smallest absolute Gasteiger partial charge is 0.0221 e. The van der Waals surface area contributed by atoms with Crippen molar-refractivity contribution in [3.05, 3.63) is 0 Å². The van der Waals surface area contributed by atoms with Gasteiger partial charge < -0.3 is 0 Å². The summed E-state index contributed by atoms with van der Waals surface area (Å²) in [6.07, 6.45) is 8.72. The largest absolute Gasteiger partial charge is 0.296 e. The molecule has 0 aromatic heterocycles. The molecule has 82 valence electrons. The lowest BCUT2D eigenvalue weighted by Gasteiger charge is -2.35. The van der Waals surface area contributed by atoms with Crippen LogP contribution < -0.4 is 0 Å². The number of alkyl halides is 1. The molecule has 0 radical (unpaired) electrons. The van der Waals surface area contributed by atoms with Crippen LogP contribution in [0.4, 0.5) is 0 Å². The zero-order valence-corrected chi connectivity index (χ0v) is 10.8. The second kappa shape index (κ2) is 4.98. The summed E-state index contributed by atoms with van der Waals surface area (Å²) in [6, 6.07) is 1.73. The quantitative estimate of drug-likeness (QED) is 0.687. The van der Waals surface area contributed by atoms with Crippen molar-refractivity contribution >= 4 is 15.9 Å². The molecule has 2 heteroatoms. The van der Waals surface area contributed by atoms with Gasteiger partial charge in [0.05, 0.1) is 0 Å². The third-order valence-electron chi connectivity index (χ3n) is 4.13. The maximum absolute atomic E-state index is 3.68. The molecular weight excluding hydrogens is 238 g/mol. The Morgan fingerprint density at radius 2 is 1.86 bits per heavy atom. The molecule has 0 aromatic carbocycles. The molecule has 2 aliphatic rings. The minimum Gasteiger partial charge on any atom is -0.296 e. The van der Waals surface area contributed by atoms with E-state index in [9.17, 15) is 0 Å². The zero-order chi connectivity index (χ0) is 9.97. The summed E-state index contributed by atoms with van der Waals surface area (Å²) in [5.41, 5.74) is 0. The Kier molecular flexibility index (Phi) is 3.89. The molecular formula is C12H22BrN. The standard InChI is InChI=1S/C12H22BrN/c1-10-7-8-14(12(10)9-13)11-5-3-2-4-6-11/h10-12H,2-9H2,1H3. The van der Waals surface area contributed by atoms with Gasteiger partial charge in [-0.3, -0.25) is 4.90 Å². The van der Waals surface area contributed by atoms with Crippen LogP contribution in [0.1, 0.15) is 45.4 Å². The van der Waals surface area contributed by atoms with Crippen LogP contribution in [0, 0.1) is 5.92 Å². The molecule has 2 rings (SSSR count). The van der Waals surface area contributed by atoms with E-state index in [1.807, 2.05) is 0 Å². The van der Waals surface area contributed by atoms with Gasteiger partial charge in [0.2, 0.25) is 0 Å². The summed E-state index contributed by atoms with van der Waals surface area (Å²) in [6.45, 7) is 3.76. The third-order valence-corrected chi connectivity index (χ3v) is 4.79. The van der Waals surface area contributed by atoms with Crippen LogP contribution in [-0.2, 0) is 0 Å². The van der Waals surface area contributed by atoms with E-state index in [2.05, 4.69) is 27.8 Å². The van der Waals surface area contributed by atoms with Crippen molar-refractivity contribution < 1.29 is 0 Å². The number of halogens is 1. The van der Waals surface area contributed by atoms with Crippen LogP contribution in [0.5, 0.6) is 0 Å². The summed E-state index contributed by atoms with van der Waals surface area (Å²) < 4.78 is 0. The first kappa shape index (κ1) is 10.9. The predicted octanol–water partition coefficient (Wildman–Crippen LogP) is 3.42. The highest BCUT2D eigenvalue weighted by molar-refractivity contribution is 9.09. The molecule has 0 bridgehead atoms. The van der Waals surface area contributed by atoms with Crippen LogP contribution in [0.15, 0.2) is 0 Å². The molecule has 1 aliphatic heterocycles. The summed E-state index contributed by atoms with van der Waals surface area (Å²) in [4.78, 5) is 2.79. The molecule has 1 saturated heterocycles. The Morgan fingerprint density at radius 1 is 1.14 bits per heavy atom.